The topological polar surface area (TPSA) is 41.3 Å². The molecule has 0 aliphatic carbocycles. The van der Waals surface area contributed by atoms with Gasteiger partial charge in [-0.1, -0.05) is 25.5 Å². The molecule has 0 radical (unpaired) electrons. The Morgan fingerprint density at radius 1 is 1.53 bits per heavy atom. The normalized spacial score (nSPS) is 16.5. The summed E-state index contributed by atoms with van der Waals surface area (Å²) in [5.74, 6) is 0. The zero-order chi connectivity index (χ0) is 12.3. The summed E-state index contributed by atoms with van der Waals surface area (Å²) in [6.07, 6.45) is 5.10. The van der Waals surface area contributed by atoms with Crippen molar-refractivity contribution >= 4 is 6.01 Å². The maximum absolute atomic E-state index is 5.53. The molecule has 0 amide bonds. The predicted octanol–water partition coefficient (Wildman–Crippen LogP) is 2.33. The van der Waals surface area contributed by atoms with Gasteiger partial charge in [0, 0.05) is 25.7 Å². The lowest BCUT2D eigenvalue weighted by molar-refractivity contribution is 0.531. The summed E-state index contributed by atoms with van der Waals surface area (Å²) in [6.45, 7) is 9.09. The molecule has 4 nitrogen and oxygen atoms in total. The number of rotatable bonds is 4. The van der Waals surface area contributed by atoms with Gasteiger partial charge in [0.05, 0.1) is 5.69 Å². The first-order valence-corrected chi connectivity index (χ1v) is 6.23. The fourth-order valence-corrected chi connectivity index (χ4v) is 1.91. The van der Waals surface area contributed by atoms with Crippen LogP contribution in [-0.4, -0.2) is 24.1 Å². The lowest BCUT2D eigenvalue weighted by atomic mass is 10.1. The molecule has 94 valence electrons. The summed E-state index contributed by atoms with van der Waals surface area (Å²) in [6, 6.07) is 1.22. The lowest BCUT2D eigenvalue weighted by Crippen LogP contribution is -2.29. The minimum atomic E-state index is 0.468. The van der Waals surface area contributed by atoms with Gasteiger partial charge in [0.15, 0.2) is 0 Å². The molecule has 2 rings (SSSR count). The van der Waals surface area contributed by atoms with E-state index in [-0.39, 0.29) is 0 Å². The number of anilines is 1. The number of oxazole rings is 1. The zero-order valence-corrected chi connectivity index (χ0v) is 10.9. The fraction of sp³-hybridized carbons (Fsp3) is 0.615. The van der Waals surface area contributed by atoms with E-state index in [1.165, 1.54) is 5.57 Å². The van der Waals surface area contributed by atoms with E-state index in [2.05, 4.69) is 42.0 Å². The molecule has 1 aromatic heterocycles. The van der Waals surface area contributed by atoms with Gasteiger partial charge in [-0.2, -0.15) is 4.98 Å². The minimum Gasteiger partial charge on any atom is -0.432 e. The van der Waals surface area contributed by atoms with Gasteiger partial charge in [0.1, 0.15) is 6.26 Å². The fourth-order valence-electron chi connectivity index (χ4n) is 1.91. The predicted molar refractivity (Wildman–Crippen MR) is 69.1 cm³/mol. The summed E-state index contributed by atoms with van der Waals surface area (Å²) in [7, 11) is 0. The summed E-state index contributed by atoms with van der Waals surface area (Å²) in [5, 5.41) is 3.33. The zero-order valence-electron chi connectivity index (χ0n) is 10.9. The van der Waals surface area contributed by atoms with Crippen LogP contribution >= 0.6 is 0 Å². The highest BCUT2D eigenvalue weighted by atomic mass is 16.4. The van der Waals surface area contributed by atoms with Crippen molar-refractivity contribution in [3.8, 4) is 0 Å². The van der Waals surface area contributed by atoms with Crippen molar-refractivity contribution in [3.63, 3.8) is 0 Å². The van der Waals surface area contributed by atoms with Crippen LogP contribution in [0.2, 0.25) is 0 Å². The van der Waals surface area contributed by atoms with Crippen LogP contribution < -0.4 is 10.2 Å². The number of hydrogen-bond donors (Lipinski definition) is 1. The SMILES string of the molecule is CC1=CCCN(c2nc(CNC(C)C)co2)C1. The Kier molecular flexibility index (Phi) is 3.84. The monoisotopic (exact) mass is 235 g/mol. The second-order valence-corrected chi connectivity index (χ2v) is 4.92. The van der Waals surface area contributed by atoms with Crippen molar-refractivity contribution in [1.82, 2.24) is 10.3 Å². The third-order valence-electron chi connectivity index (χ3n) is 2.83. The van der Waals surface area contributed by atoms with Gasteiger partial charge in [0.2, 0.25) is 0 Å². The standard InChI is InChI=1S/C13H21N3O/c1-10(2)14-7-12-9-17-13(15-12)16-6-4-5-11(3)8-16/h5,9-10,14H,4,6-8H2,1-3H3. The van der Waals surface area contributed by atoms with Crippen molar-refractivity contribution < 1.29 is 4.42 Å². The van der Waals surface area contributed by atoms with Crippen LogP contribution in [0.15, 0.2) is 22.3 Å². The van der Waals surface area contributed by atoms with Gasteiger partial charge in [-0.3, -0.25) is 0 Å². The van der Waals surface area contributed by atoms with Gasteiger partial charge in [-0.15, -0.1) is 0 Å². The van der Waals surface area contributed by atoms with Gasteiger partial charge in [-0.05, 0) is 13.3 Å². The van der Waals surface area contributed by atoms with Gasteiger partial charge < -0.3 is 14.6 Å². The Hall–Kier alpha value is -1.29. The largest absolute Gasteiger partial charge is 0.432 e. The van der Waals surface area contributed by atoms with Crippen LogP contribution in [0, 0.1) is 0 Å². The van der Waals surface area contributed by atoms with Gasteiger partial charge in [0.25, 0.3) is 6.01 Å². The highest BCUT2D eigenvalue weighted by Crippen LogP contribution is 2.18. The molecule has 1 N–H and O–H groups in total. The molecule has 1 aromatic rings. The molecule has 0 aromatic carbocycles. The molecule has 0 saturated carbocycles. The highest BCUT2D eigenvalue weighted by Gasteiger charge is 2.15. The molecular weight excluding hydrogens is 214 g/mol. The van der Waals surface area contributed by atoms with Crippen LogP contribution in [0.4, 0.5) is 6.01 Å². The van der Waals surface area contributed by atoms with E-state index in [1.807, 2.05) is 0 Å². The second-order valence-electron chi connectivity index (χ2n) is 4.92. The van der Waals surface area contributed by atoms with Crippen molar-refractivity contribution in [2.75, 3.05) is 18.0 Å². The molecule has 17 heavy (non-hydrogen) atoms. The highest BCUT2D eigenvalue weighted by molar-refractivity contribution is 5.32. The van der Waals surface area contributed by atoms with Crippen LogP contribution in [-0.2, 0) is 6.54 Å². The minimum absolute atomic E-state index is 0.468. The summed E-state index contributed by atoms with van der Waals surface area (Å²) in [5.41, 5.74) is 2.36. The van der Waals surface area contributed by atoms with E-state index in [4.69, 9.17) is 4.42 Å². The van der Waals surface area contributed by atoms with Crippen LogP contribution in [0.5, 0.6) is 0 Å². The van der Waals surface area contributed by atoms with E-state index in [1.54, 1.807) is 6.26 Å². The summed E-state index contributed by atoms with van der Waals surface area (Å²) >= 11 is 0. The first kappa shape index (κ1) is 12.2. The number of hydrogen-bond acceptors (Lipinski definition) is 4. The lowest BCUT2D eigenvalue weighted by Gasteiger charge is -2.24. The second kappa shape index (κ2) is 5.36. The molecule has 4 heteroatoms. The Morgan fingerprint density at radius 2 is 2.35 bits per heavy atom. The first-order chi connectivity index (χ1) is 8.15. The van der Waals surface area contributed by atoms with Crippen molar-refractivity contribution in [2.45, 2.75) is 39.8 Å². The molecule has 0 atom stereocenters. The Balaban J connectivity index is 1.96. The molecular formula is C13H21N3O. The molecule has 1 aliphatic rings. The van der Waals surface area contributed by atoms with Gasteiger partial charge in [-0.25, -0.2) is 0 Å². The summed E-state index contributed by atoms with van der Waals surface area (Å²) < 4.78 is 5.53. The van der Waals surface area contributed by atoms with E-state index in [9.17, 15) is 0 Å². The number of nitrogens with zero attached hydrogens (tertiary/aromatic N) is 2. The number of nitrogens with one attached hydrogen (secondary N) is 1. The molecule has 1 aliphatic heterocycles. The average molecular weight is 235 g/mol. The smallest absolute Gasteiger partial charge is 0.297 e. The van der Waals surface area contributed by atoms with E-state index < -0.39 is 0 Å². The van der Waals surface area contributed by atoms with Gasteiger partial charge >= 0.3 is 0 Å². The first-order valence-electron chi connectivity index (χ1n) is 6.23. The van der Waals surface area contributed by atoms with Crippen LogP contribution in [0.1, 0.15) is 32.9 Å². The molecule has 0 saturated heterocycles. The van der Waals surface area contributed by atoms with Crippen LogP contribution in [0.3, 0.4) is 0 Å². The number of aromatic nitrogens is 1. The van der Waals surface area contributed by atoms with Crippen molar-refractivity contribution in [2.24, 2.45) is 0 Å². The Morgan fingerprint density at radius 3 is 3.06 bits per heavy atom. The van der Waals surface area contributed by atoms with E-state index >= 15 is 0 Å². The maximum atomic E-state index is 5.53. The molecule has 0 unspecified atom stereocenters. The van der Waals surface area contributed by atoms with Crippen molar-refractivity contribution in [1.29, 1.82) is 0 Å². The molecule has 0 spiro atoms. The third-order valence-corrected chi connectivity index (χ3v) is 2.83. The Bertz CT molecular complexity index is 395. The molecule has 0 fully saturated rings. The maximum Gasteiger partial charge on any atom is 0.297 e. The molecule has 2 heterocycles. The van der Waals surface area contributed by atoms with Crippen molar-refractivity contribution in [3.05, 3.63) is 23.6 Å². The summed E-state index contributed by atoms with van der Waals surface area (Å²) in [4.78, 5) is 6.70. The average Bonchev–Trinajstić information content (AvgIpc) is 2.75. The quantitative estimate of drug-likeness (QED) is 0.813. The Labute approximate surface area is 103 Å². The third kappa shape index (κ3) is 3.33. The van der Waals surface area contributed by atoms with Crippen LogP contribution in [0.25, 0.3) is 0 Å². The van der Waals surface area contributed by atoms with E-state index in [0.717, 1.165) is 37.8 Å². The van der Waals surface area contributed by atoms with E-state index in [0.29, 0.717) is 6.04 Å². The molecule has 0 bridgehead atoms.